The summed E-state index contributed by atoms with van der Waals surface area (Å²) in [7, 11) is 0. The molecule has 0 aliphatic heterocycles. The summed E-state index contributed by atoms with van der Waals surface area (Å²) in [5, 5.41) is 19.3. The smallest absolute Gasteiger partial charge is 0.220 e. The molecule has 4 rings (SSSR count). The highest BCUT2D eigenvalue weighted by Gasteiger charge is 2.29. The molecule has 0 aromatic carbocycles. The molecule has 0 unspecified atom stereocenters. The molecule has 2 aliphatic rings. The fourth-order valence-electron chi connectivity index (χ4n) is 3.61. The van der Waals surface area contributed by atoms with Crippen molar-refractivity contribution in [3.8, 4) is 0 Å². The lowest BCUT2D eigenvalue weighted by Gasteiger charge is -2.20. The van der Waals surface area contributed by atoms with Crippen LogP contribution in [-0.4, -0.2) is 38.8 Å². The number of hydrogen-bond donors (Lipinski definition) is 2. The summed E-state index contributed by atoms with van der Waals surface area (Å²) in [4.78, 5) is 12.0. The lowest BCUT2D eigenvalue weighted by atomic mass is 9.87. The SMILES string of the molecule is O=C(CC1CCCCC1)NCCNc1ccc2nnc(C3CC3)n2n1. The highest BCUT2D eigenvalue weighted by molar-refractivity contribution is 5.76. The van der Waals surface area contributed by atoms with Crippen molar-refractivity contribution in [2.24, 2.45) is 5.92 Å². The zero-order valence-electron chi connectivity index (χ0n) is 14.6. The van der Waals surface area contributed by atoms with Gasteiger partial charge >= 0.3 is 0 Å². The van der Waals surface area contributed by atoms with Gasteiger partial charge in [0.1, 0.15) is 5.82 Å². The van der Waals surface area contributed by atoms with Gasteiger partial charge in [0.15, 0.2) is 11.5 Å². The molecule has 2 N–H and O–H groups in total. The lowest BCUT2D eigenvalue weighted by molar-refractivity contribution is -0.122. The summed E-state index contributed by atoms with van der Waals surface area (Å²) in [6, 6.07) is 3.83. The summed E-state index contributed by atoms with van der Waals surface area (Å²) < 4.78 is 1.83. The molecule has 25 heavy (non-hydrogen) atoms. The monoisotopic (exact) mass is 342 g/mol. The number of carbonyl (C=O) groups excluding carboxylic acids is 1. The van der Waals surface area contributed by atoms with Crippen molar-refractivity contribution in [1.29, 1.82) is 0 Å². The molecule has 2 heterocycles. The van der Waals surface area contributed by atoms with Crippen LogP contribution in [0.3, 0.4) is 0 Å². The van der Waals surface area contributed by atoms with E-state index in [1.807, 2.05) is 16.6 Å². The van der Waals surface area contributed by atoms with Crippen molar-refractivity contribution < 1.29 is 4.79 Å². The molecule has 0 spiro atoms. The van der Waals surface area contributed by atoms with E-state index >= 15 is 0 Å². The molecule has 134 valence electrons. The van der Waals surface area contributed by atoms with Crippen molar-refractivity contribution >= 4 is 17.4 Å². The van der Waals surface area contributed by atoms with Crippen LogP contribution in [0, 0.1) is 5.92 Å². The van der Waals surface area contributed by atoms with Crippen molar-refractivity contribution in [2.45, 2.75) is 57.3 Å². The number of rotatable bonds is 7. The fourth-order valence-corrected chi connectivity index (χ4v) is 3.61. The average molecular weight is 342 g/mol. The molecule has 0 bridgehead atoms. The van der Waals surface area contributed by atoms with Gasteiger partial charge in [0.25, 0.3) is 0 Å². The standard InChI is InChI=1S/C18H26N6O/c25-17(12-13-4-2-1-3-5-13)20-11-10-19-15-8-9-16-21-22-18(14-6-7-14)24(16)23-15/h8-9,13-14H,1-7,10-12H2,(H,19,23)(H,20,25). The highest BCUT2D eigenvalue weighted by Crippen LogP contribution is 2.38. The minimum atomic E-state index is 0.173. The molecule has 2 aromatic rings. The van der Waals surface area contributed by atoms with Crippen LogP contribution < -0.4 is 10.6 Å². The lowest BCUT2D eigenvalue weighted by Crippen LogP contribution is -2.30. The van der Waals surface area contributed by atoms with Crippen molar-refractivity contribution in [3.63, 3.8) is 0 Å². The second-order valence-corrected chi connectivity index (χ2v) is 7.31. The summed E-state index contributed by atoms with van der Waals surface area (Å²) in [6.45, 7) is 1.28. The van der Waals surface area contributed by atoms with Crippen LogP contribution in [0.2, 0.25) is 0 Å². The minimum Gasteiger partial charge on any atom is -0.367 e. The van der Waals surface area contributed by atoms with E-state index in [-0.39, 0.29) is 5.91 Å². The zero-order valence-corrected chi connectivity index (χ0v) is 14.6. The molecule has 7 nitrogen and oxygen atoms in total. The predicted molar refractivity (Wildman–Crippen MR) is 95.4 cm³/mol. The van der Waals surface area contributed by atoms with E-state index < -0.39 is 0 Å². The summed E-state index contributed by atoms with van der Waals surface area (Å²) in [6.07, 6.45) is 9.32. The number of amides is 1. The Bertz CT molecular complexity index is 732. The second kappa shape index (κ2) is 7.37. The van der Waals surface area contributed by atoms with Gasteiger partial charge in [0.05, 0.1) is 0 Å². The number of anilines is 1. The molecule has 0 saturated heterocycles. The number of carbonyl (C=O) groups is 1. The third-order valence-electron chi connectivity index (χ3n) is 5.18. The molecule has 2 aromatic heterocycles. The Hall–Kier alpha value is -2.18. The third-order valence-corrected chi connectivity index (χ3v) is 5.18. The van der Waals surface area contributed by atoms with Crippen LogP contribution in [0.15, 0.2) is 12.1 Å². The number of fused-ring (bicyclic) bond motifs is 1. The maximum Gasteiger partial charge on any atom is 0.220 e. The maximum absolute atomic E-state index is 12.0. The molecule has 1 amide bonds. The summed E-state index contributed by atoms with van der Waals surface area (Å²) in [5.74, 6) is 3.01. The largest absolute Gasteiger partial charge is 0.367 e. The van der Waals surface area contributed by atoms with Crippen molar-refractivity contribution in [3.05, 3.63) is 18.0 Å². The number of aromatic nitrogens is 4. The van der Waals surface area contributed by atoms with Crippen LogP contribution in [0.5, 0.6) is 0 Å². The Morgan fingerprint density at radius 3 is 2.72 bits per heavy atom. The molecule has 0 atom stereocenters. The van der Waals surface area contributed by atoms with Gasteiger partial charge in [-0.05, 0) is 43.7 Å². The van der Waals surface area contributed by atoms with Crippen LogP contribution in [-0.2, 0) is 4.79 Å². The summed E-state index contributed by atoms with van der Waals surface area (Å²) >= 11 is 0. The van der Waals surface area contributed by atoms with Gasteiger partial charge in [-0.15, -0.1) is 15.3 Å². The predicted octanol–water partition coefficient (Wildman–Crippen LogP) is 2.50. The fraction of sp³-hybridized carbons (Fsp3) is 0.667. The van der Waals surface area contributed by atoms with Gasteiger partial charge in [0, 0.05) is 25.4 Å². The molecule has 2 aliphatic carbocycles. The topological polar surface area (TPSA) is 84.2 Å². The van der Waals surface area contributed by atoms with E-state index in [1.54, 1.807) is 0 Å². The molecule has 7 heteroatoms. The molecule has 2 saturated carbocycles. The molecular formula is C18H26N6O. The normalized spacial score (nSPS) is 18.4. The number of nitrogens with one attached hydrogen (secondary N) is 2. The first-order valence-electron chi connectivity index (χ1n) is 9.52. The summed E-state index contributed by atoms with van der Waals surface area (Å²) in [5.41, 5.74) is 0.785. The quantitative estimate of drug-likeness (QED) is 0.755. The van der Waals surface area contributed by atoms with E-state index in [9.17, 15) is 4.79 Å². The number of hydrogen-bond acceptors (Lipinski definition) is 5. The molecule has 0 radical (unpaired) electrons. The van der Waals surface area contributed by atoms with Crippen molar-refractivity contribution in [1.82, 2.24) is 25.1 Å². The van der Waals surface area contributed by atoms with E-state index in [4.69, 9.17) is 0 Å². The van der Waals surface area contributed by atoms with Crippen LogP contribution in [0.25, 0.3) is 5.65 Å². The maximum atomic E-state index is 12.0. The van der Waals surface area contributed by atoms with Gasteiger partial charge < -0.3 is 10.6 Å². The third kappa shape index (κ3) is 4.08. The second-order valence-electron chi connectivity index (χ2n) is 7.31. The van der Waals surface area contributed by atoms with Gasteiger partial charge in [-0.1, -0.05) is 19.3 Å². The van der Waals surface area contributed by atoms with E-state index in [0.717, 1.165) is 17.3 Å². The minimum absolute atomic E-state index is 0.173. The van der Waals surface area contributed by atoms with Gasteiger partial charge in [0.2, 0.25) is 5.91 Å². The Morgan fingerprint density at radius 1 is 1.08 bits per heavy atom. The Labute approximate surface area is 147 Å². The Balaban J connectivity index is 1.23. The Morgan fingerprint density at radius 2 is 1.92 bits per heavy atom. The van der Waals surface area contributed by atoms with Crippen molar-refractivity contribution in [2.75, 3.05) is 18.4 Å². The van der Waals surface area contributed by atoms with E-state index in [0.29, 0.717) is 31.3 Å². The Kier molecular flexibility index (Phi) is 4.81. The van der Waals surface area contributed by atoms with E-state index in [1.165, 1.54) is 44.9 Å². The van der Waals surface area contributed by atoms with Gasteiger partial charge in [-0.3, -0.25) is 4.79 Å². The highest BCUT2D eigenvalue weighted by atomic mass is 16.1. The zero-order chi connectivity index (χ0) is 17.1. The first-order chi connectivity index (χ1) is 12.3. The number of nitrogens with zero attached hydrogens (tertiary/aromatic N) is 4. The van der Waals surface area contributed by atoms with Crippen LogP contribution >= 0.6 is 0 Å². The molecular weight excluding hydrogens is 316 g/mol. The molecule has 2 fully saturated rings. The first kappa shape index (κ1) is 16.3. The van der Waals surface area contributed by atoms with Crippen LogP contribution in [0.1, 0.15) is 63.1 Å². The average Bonchev–Trinajstić information content (AvgIpc) is 3.39. The van der Waals surface area contributed by atoms with Crippen LogP contribution in [0.4, 0.5) is 5.82 Å². The van der Waals surface area contributed by atoms with Gasteiger partial charge in [-0.25, -0.2) is 0 Å². The van der Waals surface area contributed by atoms with E-state index in [2.05, 4.69) is 25.9 Å². The van der Waals surface area contributed by atoms with Gasteiger partial charge in [-0.2, -0.15) is 4.52 Å². The first-order valence-corrected chi connectivity index (χ1v) is 9.52.